The van der Waals surface area contributed by atoms with Crippen molar-refractivity contribution in [3.63, 3.8) is 0 Å². The molecule has 5 heteroatoms. The number of hydrogen-bond acceptors (Lipinski definition) is 3. The predicted octanol–water partition coefficient (Wildman–Crippen LogP) is 1.28. The number of carbonyl (C=O) groups excluding carboxylic acids is 2. The number of rotatable bonds is 6. The summed E-state index contributed by atoms with van der Waals surface area (Å²) in [6.45, 7) is 4.00. The predicted molar refractivity (Wildman–Crippen MR) is 87.8 cm³/mol. The molecule has 22 heavy (non-hydrogen) atoms. The fourth-order valence-corrected chi connectivity index (χ4v) is 2.74. The normalized spacial score (nSPS) is 17.9. The summed E-state index contributed by atoms with van der Waals surface area (Å²) in [4.78, 5) is 28.1. The van der Waals surface area contributed by atoms with Crippen LogP contribution in [0.25, 0.3) is 0 Å². The van der Waals surface area contributed by atoms with Crippen LogP contribution in [0.15, 0.2) is 24.3 Å². The average Bonchev–Trinajstić information content (AvgIpc) is 2.93. The van der Waals surface area contributed by atoms with Crippen molar-refractivity contribution in [2.45, 2.75) is 19.8 Å². The van der Waals surface area contributed by atoms with Crippen LogP contribution in [0, 0.1) is 5.92 Å². The lowest BCUT2D eigenvalue weighted by Crippen LogP contribution is -2.38. The summed E-state index contributed by atoms with van der Waals surface area (Å²) >= 11 is 0. The highest BCUT2D eigenvalue weighted by Gasteiger charge is 2.36. The Hall–Kier alpha value is -1.88. The molecule has 5 nitrogen and oxygen atoms in total. The molecule has 0 saturated carbocycles. The Morgan fingerprint density at radius 3 is 2.64 bits per heavy atom. The summed E-state index contributed by atoms with van der Waals surface area (Å²) in [6, 6.07) is 8.01. The van der Waals surface area contributed by atoms with Gasteiger partial charge in [0.15, 0.2) is 0 Å². The van der Waals surface area contributed by atoms with E-state index in [1.54, 1.807) is 16.8 Å². The van der Waals surface area contributed by atoms with Gasteiger partial charge in [0.1, 0.15) is 0 Å². The van der Waals surface area contributed by atoms with E-state index in [9.17, 15) is 9.59 Å². The number of hydrogen-bond donors (Lipinski definition) is 1. The number of amides is 2. The first kappa shape index (κ1) is 16.5. The van der Waals surface area contributed by atoms with Crippen molar-refractivity contribution in [1.29, 1.82) is 0 Å². The zero-order valence-electron chi connectivity index (χ0n) is 13.6. The maximum Gasteiger partial charge on any atom is 0.227 e. The Bertz CT molecular complexity index is 527. The summed E-state index contributed by atoms with van der Waals surface area (Å²) < 4.78 is 0. The molecule has 1 heterocycles. The zero-order chi connectivity index (χ0) is 16.1. The summed E-state index contributed by atoms with van der Waals surface area (Å²) in [5, 5.41) is 3.03. The van der Waals surface area contributed by atoms with E-state index in [1.165, 1.54) is 5.56 Å². The highest BCUT2D eigenvalue weighted by atomic mass is 16.2. The molecule has 1 N–H and O–H groups in total. The van der Waals surface area contributed by atoms with Crippen molar-refractivity contribution >= 4 is 17.5 Å². The Kier molecular flexibility index (Phi) is 5.55. The van der Waals surface area contributed by atoms with Crippen molar-refractivity contribution < 1.29 is 9.59 Å². The van der Waals surface area contributed by atoms with Gasteiger partial charge in [-0.15, -0.1) is 0 Å². The fraction of sp³-hybridized carbons (Fsp3) is 0.529. The van der Waals surface area contributed by atoms with Crippen molar-refractivity contribution in [3.05, 3.63) is 29.8 Å². The van der Waals surface area contributed by atoms with E-state index in [0.29, 0.717) is 19.5 Å². The molecule has 1 aliphatic heterocycles. The Morgan fingerprint density at radius 2 is 2.05 bits per heavy atom. The Labute approximate surface area is 132 Å². The molecule has 0 aliphatic carbocycles. The topological polar surface area (TPSA) is 52.7 Å². The second kappa shape index (κ2) is 7.40. The fourth-order valence-electron chi connectivity index (χ4n) is 2.74. The molecule has 1 unspecified atom stereocenters. The number of anilines is 1. The van der Waals surface area contributed by atoms with E-state index in [4.69, 9.17) is 0 Å². The summed E-state index contributed by atoms with van der Waals surface area (Å²) in [5.74, 6) is -0.152. The number of benzene rings is 1. The molecular weight excluding hydrogens is 278 g/mol. The van der Waals surface area contributed by atoms with Gasteiger partial charge < -0.3 is 15.1 Å². The third-order valence-corrected chi connectivity index (χ3v) is 4.20. The molecule has 1 aromatic carbocycles. The molecule has 1 saturated heterocycles. The lowest BCUT2D eigenvalue weighted by atomic mass is 10.1. The molecule has 0 spiro atoms. The first-order chi connectivity index (χ1) is 10.6. The van der Waals surface area contributed by atoms with Gasteiger partial charge in [-0.05, 0) is 31.2 Å². The van der Waals surface area contributed by atoms with Gasteiger partial charge in [-0.2, -0.15) is 0 Å². The van der Waals surface area contributed by atoms with E-state index in [0.717, 1.165) is 18.7 Å². The van der Waals surface area contributed by atoms with E-state index < -0.39 is 0 Å². The van der Waals surface area contributed by atoms with Gasteiger partial charge in [0.25, 0.3) is 0 Å². The summed E-state index contributed by atoms with van der Waals surface area (Å²) in [7, 11) is 3.65. The molecule has 1 aliphatic rings. The van der Waals surface area contributed by atoms with Crippen LogP contribution in [-0.2, 0) is 16.0 Å². The van der Waals surface area contributed by atoms with Crippen LogP contribution in [0.4, 0.5) is 5.69 Å². The zero-order valence-corrected chi connectivity index (χ0v) is 13.6. The van der Waals surface area contributed by atoms with Crippen LogP contribution in [0.1, 0.15) is 18.9 Å². The molecule has 2 rings (SSSR count). The lowest BCUT2D eigenvalue weighted by Gasteiger charge is -2.21. The molecular formula is C17H25N3O2. The molecule has 1 fully saturated rings. The van der Waals surface area contributed by atoms with Crippen LogP contribution in [0.3, 0.4) is 0 Å². The minimum atomic E-state index is -0.236. The van der Waals surface area contributed by atoms with Gasteiger partial charge in [0.2, 0.25) is 11.8 Å². The first-order valence-corrected chi connectivity index (χ1v) is 7.85. The third-order valence-electron chi connectivity index (χ3n) is 4.20. The van der Waals surface area contributed by atoms with E-state index in [1.807, 2.05) is 31.3 Å². The smallest absolute Gasteiger partial charge is 0.227 e. The largest absolute Gasteiger partial charge is 0.344 e. The molecule has 1 atom stereocenters. The Morgan fingerprint density at radius 1 is 1.36 bits per heavy atom. The van der Waals surface area contributed by atoms with Gasteiger partial charge in [0, 0.05) is 38.8 Å². The highest BCUT2D eigenvalue weighted by Crippen LogP contribution is 2.26. The molecule has 0 bridgehead atoms. The molecule has 120 valence electrons. The van der Waals surface area contributed by atoms with Crippen LogP contribution < -0.4 is 10.2 Å². The standard InChI is InChI=1S/C17H25N3O2/c1-4-13-5-7-15(8-6-13)20-12-14(11-16(20)21)17(22)19(3)10-9-18-2/h5-8,14,18H,4,9-12H2,1-3H3. The minimum Gasteiger partial charge on any atom is -0.344 e. The van der Waals surface area contributed by atoms with Gasteiger partial charge >= 0.3 is 0 Å². The van der Waals surface area contributed by atoms with E-state index in [-0.39, 0.29) is 17.7 Å². The number of likely N-dealkylation sites (N-methyl/N-ethyl adjacent to an activating group) is 2. The highest BCUT2D eigenvalue weighted by molar-refractivity contribution is 6.00. The van der Waals surface area contributed by atoms with Gasteiger partial charge in [0.05, 0.1) is 5.92 Å². The van der Waals surface area contributed by atoms with Gasteiger partial charge in [-0.1, -0.05) is 19.1 Å². The molecule has 1 aromatic rings. The average molecular weight is 303 g/mol. The van der Waals surface area contributed by atoms with Gasteiger partial charge in [-0.25, -0.2) is 0 Å². The molecule has 0 aromatic heterocycles. The van der Waals surface area contributed by atoms with Crippen molar-refractivity contribution in [2.75, 3.05) is 38.6 Å². The Balaban J connectivity index is 2.02. The van der Waals surface area contributed by atoms with Gasteiger partial charge in [-0.3, -0.25) is 9.59 Å². The first-order valence-electron chi connectivity index (χ1n) is 7.85. The van der Waals surface area contributed by atoms with Crippen LogP contribution in [0.2, 0.25) is 0 Å². The maximum absolute atomic E-state index is 12.4. The molecule has 0 radical (unpaired) electrons. The van der Waals surface area contributed by atoms with Crippen molar-refractivity contribution in [3.8, 4) is 0 Å². The minimum absolute atomic E-state index is 0.0321. The summed E-state index contributed by atoms with van der Waals surface area (Å²) in [6.07, 6.45) is 1.28. The van der Waals surface area contributed by atoms with Crippen LogP contribution in [0.5, 0.6) is 0 Å². The van der Waals surface area contributed by atoms with E-state index in [2.05, 4.69) is 12.2 Å². The van der Waals surface area contributed by atoms with Crippen molar-refractivity contribution in [2.24, 2.45) is 5.92 Å². The van der Waals surface area contributed by atoms with Crippen LogP contribution >= 0.6 is 0 Å². The molecule has 2 amide bonds. The quantitative estimate of drug-likeness (QED) is 0.861. The number of carbonyl (C=O) groups is 2. The second-order valence-corrected chi connectivity index (χ2v) is 5.79. The van der Waals surface area contributed by atoms with Crippen molar-refractivity contribution in [1.82, 2.24) is 10.2 Å². The maximum atomic E-state index is 12.4. The second-order valence-electron chi connectivity index (χ2n) is 5.79. The third kappa shape index (κ3) is 3.65. The van der Waals surface area contributed by atoms with E-state index >= 15 is 0 Å². The number of nitrogens with one attached hydrogen (secondary N) is 1. The number of aryl methyl sites for hydroxylation is 1. The lowest BCUT2D eigenvalue weighted by molar-refractivity contribution is -0.134. The monoisotopic (exact) mass is 303 g/mol. The summed E-state index contributed by atoms with van der Waals surface area (Å²) in [5.41, 5.74) is 2.13. The van der Waals surface area contributed by atoms with Crippen LogP contribution in [-0.4, -0.2) is 50.4 Å². The number of nitrogens with zero attached hydrogens (tertiary/aromatic N) is 2. The SMILES string of the molecule is CCc1ccc(N2CC(C(=O)N(C)CCNC)CC2=O)cc1.